The zero-order valence-electron chi connectivity index (χ0n) is 7.63. The van der Waals surface area contributed by atoms with Gasteiger partial charge in [0.05, 0.1) is 0 Å². The smallest absolute Gasteiger partial charge is 0.0410 e. The molecule has 1 aromatic heterocycles. The summed E-state index contributed by atoms with van der Waals surface area (Å²) in [7, 11) is 1.94. The van der Waals surface area contributed by atoms with Crippen LogP contribution in [-0.4, -0.2) is 12.0 Å². The summed E-state index contributed by atoms with van der Waals surface area (Å²) in [6.45, 7) is 3.72. The zero-order valence-corrected chi connectivity index (χ0v) is 9.21. The number of halogens is 1. The number of rotatable bonds is 4. The van der Waals surface area contributed by atoms with Gasteiger partial charge in [0.2, 0.25) is 0 Å². The lowest BCUT2D eigenvalue weighted by atomic mass is 10.1. The molecule has 1 aromatic rings. The highest BCUT2D eigenvalue weighted by molar-refractivity contribution is 9.10. The van der Waals surface area contributed by atoms with Crippen LogP contribution in [0.2, 0.25) is 0 Å². The molecule has 0 spiro atoms. The van der Waals surface area contributed by atoms with Crippen LogP contribution in [0.1, 0.15) is 18.0 Å². The van der Waals surface area contributed by atoms with Gasteiger partial charge in [0.15, 0.2) is 0 Å². The molecule has 0 bridgehead atoms. The largest absolute Gasteiger partial charge is 0.313 e. The van der Waals surface area contributed by atoms with Crippen LogP contribution in [0.25, 0.3) is 0 Å². The lowest BCUT2D eigenvalue weighted by molar-refractivity contribution is 0.601. The van der Waals surface area contributed by atoms with E-state index in [1.54, 1.807) is 6.20 Å². The lowest BCUT2D eigenvalue weighted by Gasteiger charge is -2.13. The van der Waals surface area contributed by atoms with E-state index in [-0.39, 0.29) is 0 Å². The Balaban J connectivity index is 2.84. The van der Waals surface area contributed by atoms with Crippen LogP contribution in [0.3, 0.4) is 0 Å². The molecule has 1 N–H and O–H groups in total. The van der Waals surface area contributed by atoms with E-state index in [1.807, 2.05) is 19.3 Å². The topological polar surface area (TPSA) is 24.9 Å². The van der Waals surface area contributed by atoms with Crippen molar-refractivity contribution in [3.63, 3.8) is 0 Å². The van der Waals surface area contributed by atoms with Crippen LogP contribution in [0.4, 0.5) is 0 Å². The Bertz CT molecular complexity index is 286. The van der Waals surface area contributed by atoms with Gasteiger partial charge in [-0.2, -0.15) is 0 Å². The van der Waals surface area contributed by atoms with E-state index in [1.165, 1.54) is 5.56 Å². The Hall–Kier alpha value is -0.670. The summed E-state index contributed by atoms with van der Waals surface area (Å²) in [5, 5.41) is 3.21. The molecule has 1 unspecified atom stereocenters. The second kappa shape index (κ2) is 5.14. The van der Waals surface area contributed by atoms with E-state index in [2.05, 4.69) is 38.9 Å². The molecule has 2 nitrogen and oxygen atoms in total. The number of pyridine rings is 1. The van der Waals surface area contributed by atoms with Gasteiger partial charge in [-0.15, -0.1) is 6.58 Å². The third-order valence-electron chi connectivity index (χ3n) is 1.88. The maximum atomic E-state index is 4.11. The Morgan fingerprint density at radius 1 is 1.69 bits per heavy atom. The standard InChI is InChI=1S/C10H13BrN2/c1-3-4-10(12-2)8-5-9(11)7-13-6-8/h3,5-7,10,12H,1,4H2,2H3. The van der Waals surface area contributed by atoms with Gasteiger partial charge in [0.1, 0.15) is 0 Å². The van der Waals surface area contributed by atoms with Crippen LogP contribution in [0.15, 0.2) is 35.6 Å². The summed E-state index contributed by atoms with van der Waals surface area (Å²) in [4.78, 5) is 4.11. The van der Waals surface area contributed by atoms with Crippen LogP contribution in [0, 0.1) is 0 Å². The number of hydrogen-bond acceptors (Lipinski definition) is 2. The molecule has 0 fully saturated rings. The molecule has 1 atom stereocenters. The van der Waals surface area contributed by atoms with Crippen LogP contribution < -0.4 is 5.32 Å². The molecule has 0 aliphatic carbocycles. The highest BCUT2D eigenvalue weighted by Crippen LogP contribution is 2.19. The number of nitrogens with zero attached hydrogens (tertiary/aromatic N) is 1. The van der Waals surface area contributed by atoms with Crippen molar-refractivity contribution in [2.24, 2.45) is 0 Å². The van der Waals surface area contributed by atoms with Crippen molar-refractivity contribution in [3.8, 4) is 0 Å². The van der Waals surface area contributed by atoms with Crippen molar-refractivity contribution in [1.82, 2.24) is 10.3 Å². The van der Waals surface area contributed by atoms with Crippen molar-refractivity contribution in [2.75, 3.05) is 7.05 Å². The first-order chi connectivity index (χ1) is 6.27. The molecule has 13 heavy (non-hydrogen) atoms. The van der Waals surface area contributed by atoms with Crippen molar-refractivity contribution in [2.45, 2.75) is 12.5 Å². The van der Waals surface area contributed by atoms with E-state index in [0.717, 1.165) is 10.9 Å². The van der Waals surface area contributed by atoms with Gasteiger partial charge < -0.3 is 5.32 Å². The first-order valence-corrected chi connectivity index (χ1v) is 4.96. The van der Waals surface area contributed by atoms with Gasteiger partial charge in [-0.3, -0.25) is 4.98 Å². The monoisotopic (exact) mass is 240 g/mol. The average Bonchev–Trinajstić information content (AvgIpc) is 2.14. The summed E-state index contributed by atoms with van der Waals surface area (Å²) in [5.74, 6) is 0. The van der Waals surface area contributed by atoms with Gasteiger partial charge in [0.25, 0.3) is 0 Å². The number of nitrogens with one attached hydrogen (secondary N) is 1. The van der Waals surface area contributed by atoms with Crippen molar-refractivity contribution < 1.29 is 0 Å². The normalized spacial score (nSPS) is 12.5. The molecule has 70 valence electrons. The Kier molecular flexibility index (Phi) is 4.12. The molecule has 0 aliphatic rings. The second-order valence-electron chi connectivity index (χ2n) is 2.80. The minimum atomic E-state index is 0.308. The van der Waals surface area contributed by atoms with Gasteiger partial charge in [0, 0.05) is 22.9 Å². The van der Waals surface area contributed by atoms with Crippen LogP contribution in [-0.2, 0) is 0 Å². The summed E-state index contributed by atoms with van der Waals surface area (Å²) in [6.07, 6.45) is 6.47. The molecule has 0 saturated carbocycles. The molecule has 3 heteroatoms. The van der Waals surface area contributed by atoms with E-state index in [4.69, 9.17) is 0 Å². The highest BCUT2D eigenvalue weighted by Gasteiger charge is 2.06. The lowest BCUT2D eigenvalue weighted by Crippen LogP contribution is -2.15. The summed E-state index contributed by atoms with van der Waals surface area (Å²) in [6, 6.07) is 2.38. The minimum absolute atomic E-state index is 0.308. The predicted molar refractivity (Wildman–Crippen MR) is 58.6 cm³/mol. The quantitative estimate of drug-likeness (QED) is 0.820. The van der Waals surface area contributed by atoms with Gasteiger partial charge in [-0.05, 0) is 41.0 Å². The van der Waals surface area contributed by atoms with E-state index < -0.39 is 0 Å². The summed E-state index contributed by atoms with van der Waals surface area (Å²) >= 11 is 3.39. The van der Waals surface area contributed by atoms with Crippen LogP contribution in [0.5, 0.6) is 0 Å². The van der Waals surface area contributed by atoms with Gasteiger partial charge in [-0.25, -0.2) is 0 Å². The van der Waals surface area contributed by atoms with Gasteiger partial charge in [-0.1, -0.05) is 6.08 Å². The predicted octanol–water partition coefficient (Wildman–Crippen LogP) is 2.68. The summed E-state index contributed by atoms with van der Waals surface area (Å²) in [5.41, 5.74) is 1.18. The molecular formula is C10H13BrN2. The molecule has 0 radical (unpaired) electrons. The molecule has 0 saturated heterocycles. The van der Waals surface area contributed by atoms with Crippen molar-refractivity contribution in [3.05, 3.63) is 41.2 Å². The molecule has 0 aliphatic heterocycles. The Labute approximate surface area is 87.2 Å². The van der Waals surface area contributed by atoms with E-state index >= 15 is 0 Å². The fourth-order valence-corrected chi connectivity index (χ4v) is 1.59. The first-order valence-electron chi connectivity index (χ1n) is 4.16. The molecule has 1 heterocycles. The van der Waals surface area contributed by atoms with Crippen molar-refractivity contribution >= 4 is 15.9 Å². The molecule has 0 aromatic carbocycles. The SMILES string of the molecule is C=CCC(NC)c1cncc(Br)c1. The average molecular weight is 241 g/mol. The Morgan fingerprint density at radius 3 is 3.00 bits per heavy atom. The van der Waals surface area contributed by atoms with E-state index in [9.17, 15) is 0 Å². The Morgan fingerprint density at radius 2 is 2.46 bits per heavy atom. The maximum absolute atomic E-state index is 4.11. The molecule has 1 rings (SSSR count). The van der Waals surface area contributed by atoms with Gasteiger partial charge >= 0.3 is 0 Å². The number of hydrogen-bond donors (Lipinski definition) is 1. The summed E-state index contributed by atoms with van der Waals surface area (Å²) < 4.78 is 1.01. The van der Waals surface area contributed by atoms with Crippen molar-refractivity contribution in [1.29, 1.82) is 0 Å². The fraction of sp³-hybridized carbons (Fsp3) is 0.300. The zero-order chi connectivity index (χ0) is 9.68. The molecular weight excluding hydrogens is 228 g/mol. The first kappa shape index (κ1) is 10.4. The minimum Gasteiger partial charge on any atom is -0.313 e. The number of aromatic nitrogens is 1. The third kappa shape index (κ3) is 2.94. The maximum Gasteiger partial charge on any atom is 0.0410 e. The second-order valence-corrected chi connectivity index (χ2v) is 3.72. The van der Waals surface area contributed by atoms with E-state index in [0.29, 0.717) is 6.04 Å². The fourth-order valence-electron chi connectivity index (χ4n) is 1.21. The molecule has 0 amide bonds. The highest BCUT2D eigenvalue weighted by atomic mass is 79.9. The third-order valence-corrected chi connectivity index (χ3v) is 2.31. The van der Waals surface area contributed by atoms with Crippen LogP contribution >= 0.6 is 15.9 Å².